The standard InChI is InChI=1S/C26H20ClF3N6O2/c1-2-3-22(37)35-11-8-16(14-35)23-19-7-10-33-25(31)36(19)24(34-23)15-4-5-20(18(27)12-15)38-21-13-17(6-9-32-21)26(28,29)30/h4-7,9-10,12-13,16H,8,11,14H2,1H3,(H2,31,33). The predicted molar refractivity (Wildman–Crippen MR) is 135 cm³/mol. The molecule has 0 radical (unpaired) electrons. The first kappa shape index (κ1) is 25.4. The molecule has 38 heavy (non-hydrogen) atoms. The third-order valence-corrected chi connectivity index (χ3v) is 6.47. The van der Waals surface area contributed by atoms with Gasteiger partial charge in [-0.05, 0) is 49.6 Å². The molecule has 1 aliphatic rings. The molecule has 194 valence electrons. The number of ether oxygens (including phenoxy) is 1. The van der Waals surface area contributed by atoms with Crippen molar-refractivity contribution in [3.8, 4) is 34.9 Å². The third-order valence-electron chi connectivity index (χ3n) is 6.17. The minimum Gasteiger partial charge on any atom is -0.437 e. The van der Waals surface area contributed by atoms with Crippen molar-refractivity contribution in [3.05, 3.63) is 65.1 Å². The van der Waals surface area contributed by atoms with Gasteiger partial charge in [0.2, 0.25) is 11.8 Å². The van der Waals surface area contributed by atoms with Crippen molar-refractivity contribution in [1.82, 2.24) is 24.3 Å². The number of alkyl halides is 3. The van der Waals surface area contributed by atoms with Crippen LogP contribution in [0.25, 0.3) is 16.9 Å². The molecule has 1 atom stereocenters. The van der Waals surface area contributed by atoms with E-state index in [1.54, 1.807) is 40.6 Å². The lowest BCUT2D eigenvalue weighted by atomic mass is 10.0. The molecule has 1 amide bonds. The van der Waals surface area contributed by atoms with Crippen molar-refractivity contribution in [1.29, 1.82) is 0 Å². The number of pyridine rings is 1. The molecule has 4 heterocycles. The summed E-state index contributed by atoms with van der Waals surface area (Å²) >= 11 is 6.45. The molecule has 0 saturated carbocycles. The lowest BCUT2D eigenvalue weighted by Crippen LogP contribution is -2.26. The summed E-state index contributed by atoms with van der Waals surface area (Å²) in [7, 11) is 0. The Labute approximate surface area is 220 Å². The number of rotatable bonds is 4. The zero-order valence-electron chi connectivity index (χ0n) is 20.0. The van der Waals surface area contributed by atoms with Crippen LogP contribution in [0, 0.1) is 11.8 Å². The summed E-state index contributed by atoms with van der Waals surface area (Å²) in [5.74, 6) is 5.51. The molecule has 4 aromatic rings. The Morgan fingerprint density at radius 3 is 2.71 bits per heavy atom. The van der Waals surface area contributed by atoms with Crippen molar-refractivity contribution in [2.24, 2.45) is 0 Å². The lowest BCUT2D eigenvalue weighted by molar-refractivity contribution is -0.137. The van der Waals surface area contributed by atoms with Gasteiger partial charge in [-0.3, -0.25) is 9.20 Å². The zero-order valence-corrected chi connectivity index (χ0v) is 20.7. The smallest absolute Gasteiger partial charge is 0.416 e. The van der Waals surface area contributed by atoms with Crippen molar-refractivity contribution in [2.75, 3.05) is 18.8 Å². The van der Waals surface area contributed by atoms with E-state index in [-0.39, 0.29) is 34.4 Å². The highest BCUT2D eigenvalue weighted by Crippen LogP contribution is 2.37. The number of likely N-dealkylation sites (tertiary alicyclic amines) is 1. The molecule has 0 aliphatic carbocycles. The largest absolute Gasteiger partial charge is 0.437 e. The number of hydrogen-bond acceptors (Lipinski definition) is 6. The summed E-state index contributed by atoms with van der Waals surface area (Å²) in [6.07, 6.45) is -1.22. The van der Waals surface area contributed by atoms with Gasteiger partial charge in [0.05, 0.1) is 21.8 Å². The van der Waals surface area contributed by atoms with Crippen LogP contribution in [0.2, 0.25) is 5.02 Å². The maximum Gasteiger partial charge on any atom is 0.416 e. The molecule has 1 aliphatic heterocycles. The van der Waals surface area contributed by atoms with Crippen LogP contribution >= 0.6 is 11.6 Å². The second kappa shape index (κ2) is 9.87. The van der Waals surface area contributed by atoms with Crippen LogP contribution in [0.3, 0.4) is 0 Å². The molecular formula is C26H20ClF3N6O2. The maximum absolute atomic E-state index is 13.0. The van der Waals surface area contributed by atoms with E-state index in [0.717, 1.165) is 29.5 Å². The molecule has 1 saturated heterocycles. The molecule has 0 bridgehead atoms. The quantitative estimate of drug-likeness (QED) is 0.358. The van der Waals surface area contributed by atoms with Gasteiger partial charge in [-0.15, -0.1) is 0 Å². The second-order valence-electron chi connectivity index (χ2n) is 8.58. The van der Waals surface area contributed by atoms with Gasteiger partial charge in [-0.25, -0.2) is 15.0 Å². The fourth-order valence-electron chi connectivity index (χ4n) is 4.41. The van der Waals surface area contributed by atoms with Crippen LogP contribution in [0.4, 0.5) is 19.1 Å². The normalized spacial score (nSPS) is 15.4. The summed E-state index contributed by atoms with van der Waals surface area (Å²) in [6.45, 7) is 2.65. The number of aromatic nitrogens is 4. The average molecular weight is 541 g/mol. The Morgan fingerprint density at radius 1 is 1.18 bits per heavy atom. The van der Waals surface area contributed by atoms with Crippen LogP contribution in [-0.4, -0.2) is 43.2 Å². The van der Waals surface area contributed by atoms with E-state index in [1.807, 2.05) is 0 Å². The topological polar surface area (TPSA) is 98.6 Å². The number of imidazole rings is 1. The van der Waals surface area contributed by atoms with Crippen molar-refractivity contribution in [2.45, 2.75) is 25.4 Å². The van der Waals surface area contributed by atoms with Gasteiger partial charge in [0.15, 0.2) is 0 Å². The SMILES string of the molecule is CC#CC(=O)N1CCC(c2nc(-c3ccc(Oc4cc(C(F)(F)F)ccn4)c(Cl)c3)n3c(N)nccc23)C1. The van der Waals surface area contributed by atoms with Gasteiger partial charge < -0.3 is 15.4 Å². The third kappa shape index (κ3) is 4.82. The number of anilines is 1. The van der Waals surface area contributed by atoms with Crippen LogP contribution in [0.15, 0.2) is 48.8 Å². The van der Waals surface area contributed by atoms with E-state index < -0.39 is 11.7 Å². The first-order valence-electron chi connectivity index (χ1n) is 11.5. The molecule has 12 heteroatoms. The minimum absolute atomic E-state index is 0.0341. The van der Waals surface area contributed by atoms with E-state index in [4.69, 9.17) is 27.1 Å². The highest BCUT2D eigenvalue weighted by Gasteiger charge is 2.32. The molecule has 5 rings (SSSR count). The summed E-state index contributed by atoms with van der Waals surface area (Å²) in [5.41, 5.74) is 7.42. The van der Waals surface area contributed by atoms with Crippen LogP contribution in [-0.2, 0) is 11.0 Å². The molecule has 3 aromatic heterocycles. The molecule has 1 unspecified atom stereocenters. The number of carbonyl (C=O) groups excluding carboxylic acids is 1. The molecular weight excluding hydrogens is 521 g/mol. The maximum atomic E-state index is 13.0. The Bertz CT molecular complexity index is 1610. The number of fused-ring (bicyclic) bond motifs is 1. The number of carbonyl (C=O) groups is 1. The van der Waals surface area contributed by atoms with E-state index in [1.165, 1.54) is 6.07 Å². The van der Waals surface area contributed by atoms with E-state index in [0.29, 0.717) is 30.9 Å². The first-order chi connectivity index (χ1) is 18.2. The number of nitrogens with zero attached hydrogens (tertiary/aromatic N) is 5. The molecule has 2 N–H and O–H groups in total. The summed E-state index contributed by atoms with van der Waals surface area (Å²) < 4.78 is 46.3. The number of hydrogen-bond donors (Lipinski definition) is 1. The molecule has 1 fully saturated rings. The second-order valence-corrected chi connectivity index (χ2v) is 8.99. The Kier molecular flexibility index (Phi) is 6.59. The zero-order chi connectivity index (χ0) is 27.0. The number of nitrogen functional groups attached to an aromatic ring is 1. The Balaban J connectivity index is 1.48. The van der Waals surface area contributed by atoms with Gasteiger partial charge in [0.25, 0.3) is 5.91 Å². The van der Waals surface area contributed by atoms with Gasteiger partial charge >= 0.3 is 6.18 Å². The van der Waals surface area contributed by atoms with Crippen molar-refractivity contribution < 1.29 is 22.7 Å². The summed E-state index contributed by atoms with van der Waals surface area (Å²) in [6, 6.07) is 8.22. The summed E-state index contributed by atoms with van der Waals surface area (Å²) in [4.78, 5) is 26.8. The van der Waals surface area contributed by atoms with E-state index in [9.17, 15) is 18.0 Å². The van der Waals surface area contributed by atoms with E-state index in [2.05, 4.69) is 21.8 Å². The van der Waals surface area contributed by atoms with Crippen molar-refractivity contribution in [3.63, 3.8) is 0 Å². The Morgan fingerprint density at radius 2 is 1.97 bits per heavy atom. The monoisotopic (exact) mass is 540 g/mol. The van der Waals surface area contributed by atoms with Gasteiger partial charge in [0, 0.05) is 43.0 Å². The molecule has 8 nitrogen and oxygen atoms in total. The minimum atomic E-state index is -4.53. The molecule has 0 spiro atoms. The summed E-state index contributed by atoms with van der Waals surface area (Å²) in [5, 5.41) is 0.137. The fraction of sp³-hybridized carbons (Fsp3) is 0.231. The van der Waals surface area contributed by atoms with Crippen LogP contribution in [0.1, 0.15) is 30.5 Å². The first-order valence-corrected chi connectivity index (χ1v) is 11.9. The van der Waals surface area contributed by atoms with Crippen molar-refractivity contribution >= 4 is 29.0 Å². The predicted octanol–water partition coefficient (Wildman–Crippen LogP) is 5.18. The number of nitrogens with two attached hydrogens (primary N) is 1. The van der Waals surface area contributed by atoms with Crippen LogP contribution in [0.5, 0.6) is 11.6 Å². The average Bonchev–Trinajstić information content (AvgIpc) is 3.51. The fourth-order valence-corrected chi connectivity index (χ4v) is 4.63. The van der Waals surface area contributed by atoms with E-state index >= 15 is 0 Å². The number of benzene rings is 1. The van der Waals surface area contributed by atoms with Gasteiger partial charge in [-0.1, -0.05) is 17.5 Å². The highest BCUT2D eigenvalue weighted by atomic mass is 35.5. The highest BCUT2D eigenvalue weighted by molar-refractivity contribution is 6.32. The number of halogens is 4. The van der Waals surface area contributed by atoms with Gasteiger partial charge in [-0.2, -0.15) is 13.2 Å². The van der Waals surface area contributed by atoms with Crippen LogP contribution < -0.4 is 10.5 Å². The number of amides is 1. The molecule has 1 aromatic carbocycles. The Hall–Kier alpha value is -4.30. The van der Waals surface area contributed by atoms with Gasteiger partial charge in [0.1, 0.15) is 11.6 Å². The lowest BCUT2D eigenvalue weighted by Gasteiger charge is -2.12.